The molecule has 1 fully saturated rings. The maximum absolute atomic E-state index is 12.6. The van der Waals surface area contributed by atoms with Crippen LogP contribution in [-0.2, 0) is 17.8 Å². The number of rotatable bonds is 5. The van der Waals surface area contributed by atoms with Crippen LogP contribution >= 0.6 is 34.3 Å². The first-order chi connectivity index (χ1) is 13.1. The zero-order chi connectivity index (χ0) is 18.8. The Hall–Kier alpha value is -1.67. The molecule has 0 unspecified atom stereocenters. The van der Waals surface area contributed by atoms with E-state index in [1.165, 1.54) is 16.2 Å². The van der Waals surface area contributed by atoms with Gasteiger partial charge in [0.05, 0.1) is 16.5 Å². The number of furan rings is 1. The lowest BCUT2D eigenvalue weighted by molar-refractivity contribution is -0.132. The van der Waals surface area contributed by atoms with Gasteiger partial charge in [0.1, 0.15) is 5.76 Å². The molecule has 0 radical (unpaired) electrons. The number of halogens is 1. The van der Waals surface area contributed by atoms with E-state index in [4.69, 9.17) is 16.0 Å². The molecule has 0 saturated carbocycles. The number of carbonyl (C=O) groups is 1. The summed E-state index contributed by atoms with van der Waals surface area (Å²) in [7, 11) is 0. The summed E-state index contributed by atoms with van der Waals surface area (Å²) in [5.74, 6) is 1.76. The normalized spacial score (nSPS) is 15.4. The number of aryl methyl sites for hydroxylation is 1. The lowest BCUT2D eigenvalue weighted by Crippen LogP contribution is -2.48. The summed E-state index contributed by atoms with van der Waals surface area (Å²) in [5, 5.41) is 2.77. The molecule has 1 aliphatic rings. The molecule has 5 nitrogen and oxygen atoms in total. The van der Waals surface area contributed by atoms with E-state index in [9.17, 15) is 4.79 Å². The van der Waals surface area contributed by atoms with Crippen molar-refractivity contribution in [2.75, 3.05) is 26.2 Å². The Balaban J connectivity index is 1.29. The highest BCUT2D eigenvalue weighted by molar-refractivity contribution is 7.16. The summed E-state index contributed by atoms with van der Waals surface area (Å²) in [4.78, 5) is 22.7. The molecule has 0 N–H and O–H groups in total. The molecular weight excluding hydrogens is 402 g/mol. The second-order valence-corrected chi connectivity index (χ2v) is 9.25. The Morgan fingerprint density at radius 1 is 1.22 bits per heavy atom. The van der Waals surface area contributed by atoms with Crippen molar-refractivity contribution in [3.8, 4) is 10.8 Å². The van der Waals surface area contributed by atoms with Gasteiger partial charge in [-0.05, 0) is 31.2 Å². The molecule has 4 heterocycles. The molecule has 142 valence electrons. The number of hydrogen-bond donors (Lipinski definition) is 0. The van der Waals surface area contributed by atoms with Crippen molar-refractivity contribution in [2.45, 2.75) is 19.9 Å². The number of carbonyl (C=O) groups excluding carboxylic acids is 1. The van der Waals surface area contributed by atoms with Crippen molar-refractivity contribution in [1.29, 1.82) is 0 Å². The third-order valence-corrected chi connectivity index (χ3v) is 6.69. The summed E-state index contributed by atoms with van der Waals surface area (Å²) in [5.41, 5.74) is 0.810. The molecule has 0 bridgehead atoms. The molecule has 3 aromatic heterocycles. The molecule has 0 aromatic carbocycles. The molecule has 1 aliphatic heterocycles. The Morgan fingerprint density at radius 3 is 2.70 bits per heavy atom. The predicted octanol–water partition coefficient (Wildman–Crippen LogP) is 4.31. The zero-order valence-corrected chi connectivity index (χ0v) is 17.4. The van der Waals surface area contributed by atoms with Crippen LogP contribution in [0, 0.1) is 6.92 Å². The maximum Gasteiger partial charge on any atom is 0.228 e. The van der Waals surface area contributed by atoms with Crippen LogP contribution in [0.15, 0.2) is 34.1 Å². The van der Waals surface area contributed by atoms with E-state index in [1.807, 2.05) is 35.4 Å². The van der Waals surface area contributed by atoms with Gasteiger partial charge in [0, 0.05) is 43.0 Å². The molecule has 1 saturated heterocycles. The number of thiazole rings is 1. The summed E-state index contributed by atoms with van der Waals surface area (Å²) in [6.45, 7) is 6.09. The van der Waals surface area contributed by atoms with Crippen LogP contribution in [-0.4, -0.2) is 46.9 Å². The second kappa shape index (κ2) is 8.14. The standard InChI is InChI=1S/C19H20ClN3O2S2/c1-13-2-4-16(25-13)19-21-14(12-26-19)10-18(24)23-8-6-22(7-9-23)11-15-3-5-17(20)27-15/h2-5,12H,6-11H2,1H3. The van der Waals surface area contributed by atoms with Crippen LogP contribution in [0.25, 0.3) is 10.8 Å². The van der Waals surface area contributed by atoms with E-state index in [-0.39, 0.29) is 5.91 Å². The lowest BCUT2D eigenvalue weighted by atomic mass is 10.2. The van der Waals surface area contributed by atoms with Crippen LogP contribution in [0.5, 0.6) is 0 Å². The largest absolute Gasteiger partial charge is 0.459 e. The van der Waals surface area contributed by atoms with Gasteiger partial charge >= 0.3 is 0 Å². The molecule has 0 spiro atoms. The topological polar surface area (TPSA) is 49.6 Å². The van der Waals surface area contributed by atoms with Crippen LogP contribution < -0.4 is 0 Å². The van der Waals surface area contributed by atoms with Gasteiger partial charge in [-0.25, -0.2) is 4.98 Å². The highest BCUT2D eigenvalue weighted by atomic mass is 35.5. The van der Waals surface area contributed by atoms with Gasteiger partial charge < -0.3 is 9.32 Å². The Morgan fingerprint density at radius 2 is 2.04 bits per heavy atom. The van der Waals surface area contributed by atoms with Crippen molar-refractivity contribution in [1.82, 2.24) is 14.8 Å². The average molecular weight is 422 g/mol. The molecular formula is C19H20ClN3O2S2. The SMILES string of the molecule is Cc1ccc(-c2nc(CC(=O)N3CCN(Cc4ccc(Cl)s4)CC3)cs2)o1. The number of nitrogens with zero attached hydrogens (tertiary/aromatic N) is 3. The molecule has 3 aromatic rings. The van der Waals surface area contributed by atoms with Gasteiger partial charge in [-0.15, -0.1) is 22.7 Å². The fraction of sp³-hybridized carbons (Fsp3) is 0.368. The van der Waals surface area contributed by atoms with Crippen molar-refractivity contribution < 1.29 is 9.21 Å². The first-order valence-corrected chi connectivity index (χ1v) is 10.9. The number of hydrogen-bond acceptors (Lipinski definition) is 6. The smallest absolute Gasteiger partial charge is 0.228 e. The fourth-order valence-electron chi connectivity index (χ4n) is 3.13. The van der Waals surface area contributed by atoms with Gasteiger partial charge in [0.25, 0.3) is 0 Å². The number of thiophene rings is 1. The molecule has 8 heteroatoms. The Labute approximate surface area is 171 Å². The van der Waals surface area contributed by atoms with E-state index < -0.39 is 0 Å². The van der Waals surface area contributed by atoms with Crippen molar-refractivity contribution in [2.24, 2.45) is 0 Å². The second-order valence-electron chi connectivity index (χ2n) is 6.59. The number of piperazine rings is 1. The van der Waals surface area contributed by atoms with E-state index in [0.717, 1.165) is 59.3 Å². The van der Waals surface area contributed by atoms with Gasteiger partial charge in [0.2, 0.25) is 5.91 Å². The Kier molecular flexibility index (Phi) is 5.63. The van der Waals surface area contributed by atoms with Crippen LogP contribution in [0.3, 0.4) is 0 Å². The third-order valence-electron chi connectivity index (χ3n) is 4.57. The van der Waals surface area contributed by atoms with E-state index in [0.29, 0.717) is 6.42 Å². The first kappa shape index (κ1) is 18.7. The third kappa shape index (κ3) is 4.60. The molecule has 1 amide bonds. The summed E-state index contributed by atoms with van der Waals surface area (Å²) < 4.78 is 6.43. The van der Waals surface area contributed by atoms with Gasteiger partial charge in [-0.2, -0.15) is 0 Å². The van der Waals surface area contributed by atoms with Crippen LogP contribution in [0.1, 0.15) is 16.3 Å². The zero-order valence-electron chi connectivity index (χ0n) is 15.0. The minimum atomic E-state index is 0.140. The van der Waals surface area contributed by atoms with Crippen molar-refractivity contribution in [3.05, 3.63) is 50.3 Å². The van der Waals surface area contributed by atoms with Crippen molar-refractivity contribution >= 4 is 40.2 Å². The lowest BCUT2D eigenvalue weighted by Gasteiger charge is -2.34. The van der Waals surface area contributed by atoms with Gasteiger partial charge in [-0.1, -0.05) is 11.6 Å². The van der Waals surface area contributed by atoms with Gasteiger partial charge in [-0.3, -0.25) is 9.69 Å². The Bertz CT molecular complexity index is 925. The first-order valence-electron chi connectivity index (χ1n) is 8.82. The number of amides is 1. The minimum Gasteiger partial charge on any atom is -0.459 e. The molecule has 4 rings (SSSR count). The number of aromatic nitrogens is 1. The monoisotopic (exact) mass is 421 g/mol. The van der Waals surface area contributed by atoms with Gasteiger partial charge in [0.15, 0.2) is 10.8 Å². The van der Waals surface area contributed by atoms with Crippen molar-refractivity contribution in [3.63, 3.8) is 0 Å². The highest BCUT2D eigenvalue weighted by Crippen LogP contribution is 2.26. The fourth-order valence-corrected chi connectivity index (χ4v) is 5.04. The highest BCUT2D eigenvalue weighted by Gasteiger charge is 2.22. The quantitative estimate of drug-likeness (QED) is 0.615. The van der Waals surface area contributed by atoms with Crippen LogP contribution in [0.2, 0.25) is 4.34 Å². The maximum atomic E-state index is 12.6. The molecule has 0 aliphatic carbocycles. The van der Waals surface area contributed by atoms with E-state index in [2.05, 4.69) is 16.0 Å². The summed E-state index contributed by atoms with van der Waals surface area (Å²) in [6, 6.07) is 7.85. The minimum absolute atomic E-state index is 0.140. The van der Waals surface area contributed by atoms with E-state index in [1.54, 1.807) is 11.3 Å². The van der Waals surface area contributed by atoms with E-state index >= 15 is 0 Å². The average Bonchev–Trinajstić information content (AvgIpc) is 3.37. The predicted molar refractivity (Wildman–Crippen MR) is 109 cm³/mol. The van der Waals surface area contributed by atoms with Crippen LogP contribution in [0.4, 0.5) is 0 Å². The summed E-state index contributed by atoms with van der Waals surface area (Å²) >= 11 is 9.13. The summed E-state index contributed by atoms with van der Waals surface area (Å²) in [6.07, 6.45) is 0.344. The molecule has 27 heavy (non-hydrogen) atoms. The molecule has 0 atom stereocenters.